The maximum absolute atomic E-state index is 12.7. The molecule has 3 aliphatic rings. The summed E-state index contributed by atoms with van der Waals surface area (Å²) in [5, 5.41) is 2.86. The predicted molar refractivity (Wildman–Crippen MR) is 94.9 cm³/mol. The molecule has 2 heterocycles. The van der Waals surface area contributed by atoms with Gasteiger partial charge in [-0.25, -0.2) is 0 Å². The molecule has 0 atom stereocenters. The third-order valence-electron chi connectivity index (χ3n) is 6.21. The van der Waals surface area contributed by atoms with E-state index in [4.69, 9.17) is 0 Å². The Kier molecular flexibility index (Phi) is 6.10. The van der Waals surface area contributed by atoms with E-state index in [1.807, 2.05) is 4.90 Å². The minimum atomic E-state index is 0.123. The van der Waals surface area contributed by atoms with E-state index in [1.54, 1.807) is 6.92 Å². The second-order valence-corrected chi connectivity index (χ2v) is 8.01. The third kappa shape index (κ3) is 4.81. The number of piperazine rings is 1. The van der Waals surface area contributed by atoms with Crippen LogP contribution in [-0.2, 0) is 14.4 Å². The monoisotopic (exact) mass is 349 g/mol. The Hall–Kier alpha value is -1.43. The molecule has 3 rings (SSSR count). The van der Waals surface area contributed by atoms with Crippen molar-refractivity contribution in [2.75, 3.05) is 39.3 Å². The van der Waals surface area contributed by atoms with Crippen molar-refractivity contribution in [3.05, 3.63) is 0 Å². The number of nitrogens with zero attached hydrogens (tertiary/aromatic N) is 2. The van der Waals surface area contributed by atoms with Gasteiger partial charge in [-0.2, -0.15) is 0 Å². The summed E-state index contributed by atoms with van der Waals surface area (Å²) in [6.45, 7) is 6.52. The van der Waals surface area contributed by atoms with Crippen molar-refractivity contribution in [3.63, 3.8) is 0 Å². The summed E-state index contributed by atoms with van der Waals surface area (Å²) in [6, 6.07) is 0. The van der Waals surface area contributed by atoms with E-state index in [0.717, 1.165) is 71.2 Å². The lowest BCUT2D eigenvalue weighted by Gasteiger charge is -2.38. The quantitative estimate of drug-likeness (QED) is 0.824. The summed E-state index contributed by atoms with van der Waals surface area (Å²) >= 11 is 0. The van der Waals surface area contributed by atoms with Gasteiger partial charge in [-0.15, -0.1) is 0 Å². The zero-order valence-corrected chi connectivity index (χ0v) is 15.3. The molecule has 6 nitrogen and oxygen atoms in total. The van der Waals surface area contributed by atoms with Crippen molar-refractivity contribution in [2.45, 2.75) is 45.4 Å². The number of likely N-dealkylation sites (tertiary alicyclic amines) is 1. The van der Waals surface area contributed by atoms with E-state index in [0.29, 0.717) is 18.4 Å². The number of carbonyl (C=O) groups excluding carboxylic acids is 3. The molecule has 0 radical (unpaired) electrons. The van der Waals surface area contributed by atoms with Gasteiger partial charge in [0.2, 0.25) is 11.8 Å². The van der Waals surface area contributed by atoms with E-state index >= 15 is 0 Å². The number of rotatable bonds is 4. The van der Waals surface area contributed by atoms with E-state index in [1.165, 1.54) is 0 Å². The standard InChI is InChI=1S/C19H31N3O3/c1-14(23)16-2-4-17(5-3-16)19(25)22-9-6-15(7-10-22)12-21-11-8-20-18(24)13-21/h15-17H,2-13H2,1H3,(H,20,24). The minimum Gasteiger partial charge on any atom is -0.354 e. The molecule has 1 N–H and O–H groups in total. The van der Waals surface area contributed by atoms with Crippen LogP contribution in [0, 0.1) is 17.8 Å². The Labute approximate surface area is 150 Å². The highest BCUT2D eigenvalue weighted by Gasteiger charge is 2.33. The maximum atomic E-state index is 12.7. The summed E-state index contributed by atoms with van der Waals surface area (Å²) in [7, 11) is 0. The molecule has 2 saturated heterocycles. The first-order valence-corrected chi connectivity index (χ1v) is 9.81. The Morgan fingerprint density at radius 1 is 1.00 bits per heavy atom. The lowest BCUT2D eigenvalue weighted by Crippen LogP contribution is -2.50. The average molecular weight is 349 g/mol. The highest BCUT2D eigenvalue weighted by molar-refractivity contribution is 5.81. The molecule has 2 amide bonds. The van der Waals surface area contributed by atoms with Crippen LogP contribution in [0.5, 0.6) is 0 Å². The van der Waals surface area contributed by atoms with Crippen LogP contribution in [-0.4, -0.2) is 66.7 Å². The van der Waals surface area contributed by atoms with Crippen molar-refractivity contribution >= 4 is 17.6 Å². The molecule has 0 aromatic rings. The van der Waals surface area contributed by atoms with Gasteiger partial charge in [0.1, 0.15) is 5.78 Å². The molecule has 0 aromatic heterocycles. The van der Waals surface area contributed by atoms with Crippen molar-refractivity contribution in [3.8, 4) is 0 Å². The third-order valence-corrected chi connectivity index (χ3v) is 6.21. The average Bonchev–Trinajstić information content (AvgIpc) is 2.62. The van der Waals surface area contributed by atoms with Gasteiger partial charge >= 0.3 is 0 Å². The second kappa shape index (κ2) is 8.30. The number of Topliss-reactive ketones (excluding diaryl/α,β-unsaturated/α-hetero) is 1. The molecule has 0 spiro atoms. The van der Waals surface area contributed by atoms with Gasteiger partial charge in [0, 0.05) is 44.6 Å². The van der Waals surface area contributed by atoms with Gasteiger partial charge in [0.05, 0.1) is 6.54 Å². The molecular weight excluding hydrogens is 318 g/mol. The Bertz CT molecular complexity index is 506. The highest BCUT2D eigenvalue weighted by atomic mass is 16.2. The summed E-state index contributed by atoms with van der Waals surface area (Å²) in [5.41, 5.74) is 0. The van der Waals surface area contributed by atoms with Crippen LogP contribution in [0.25, 0.3) is 0 Å². The van der Waals surface area contributed by atoms with Gasteiger partial charge in [0.15, 0.2) is 0 Å². The molecule has 3 fully saturated rings. The molecule has 0 aromatic carbocycles. The Balaban J connectivity index is 1.40. The van der Waals surface area contributed by atoms with Crippen molar-refractivity contribution < 1.29 is 14.4 Å². The summed E-state index contributed by atoms with van der Waals surface area (Å²) < 4.78 is 0. The summed E-state index contributed by atoms with van der Waals surface area (Å²) in [4.78, 5) is 40.0. The first-order chi connectivity index (χ1) is 12.0. The smallest absolute Gasteiger partial charge is 0.234 e. The predicted octanol–water partition coefficient (Wildman–Crippen LogP) is 1.05. The molecule has 6 heteroatoms. The maximum Gasteiger partial charge on any atom is 0.234 e. The molecule has 0 bridgehead atoms. The van der Waals surface area contributed by atoms with Gasteiger partial charge in [-0.1, -0.05) is 0 Å². The Morgan fingerprint density at radius 2 is 1.64 bits per heavy atom. The Morgan fingerprint density at radius 3 is 2.24 bits per heavy atom. The summed E-state index contributed by atoms with van der Waals surface area (Å²) in [6.07, 6.45) is 5.55. The van der Waals surface area contributed by atoms with Crippen LogP contribution in [0.4, 0.5) is 0 Å². The first-order valence-electron chi connectivity index (χ1n) is 9.81. The number of piperidine rings is 1. The van der Waals surface area contributed by atoms with Crippen molar-refractivity contribution in [2.24, 2.45) is 17.8 Å². The van der Waals surface area contributed by atoms with E-state index in [9.17, 15) is 14.4 Å². The topological polar surface area (TPSA) is 69.7 Å². The van der Waals surface area contributed by atoms with Crippen LogP contribution in [0.1, 0.15) is 45.4 Å². The molecule has 140 valence electrons. The van der Waals surface area contributed by atoms with E-state index < -0.39 is 0 Å². The van der Waals surface area contributed by atoms with Crippen LogP contribution in [0.3, 0.4) is 0 Å². The highest BCUT2D eigenvalue weighted by Crippen LogP contribution is 2.31. The first kappa shape index (κ1) is 18.4. The van der Waals surface area contributed by atoms with E-state index in [2.05, 4.69) is 10.2 Å². The molecular formula is C19H31N3O3. The number of hydrogen-bond donors (Lipinski definition) is 1. The van der Waals surface area contributed by atoms with Crippen LogP contribution < -0.4 is 5.32 Å². The molecule has 2 aliphatic heterocycles. The van der Waals surface area contributed by atoms with Crippen LogP contribution in [0.15, 0.2) is 0 Å². The van der Waals surface area contributed by atoms with Gasteiger partial charge in [-0.3, -0.25) is 19.3 Å². The fourth-order valence-electron chi connectivity index (χ4n) is 4.55. The largest absolute Gasteiger partial charge is 0.354 e. The zero-order valence-electron chi connectivity index (χ0n) is 15.3. The van der Waals surface area contributed by atoms with Crippen LogP contribution in [0.2, 0.25) is 0 Å². The summed E-state index contributed by atoms with van der Waals surface area (Å²) in [5.74, 6) is 1.59. The normalized spacial score (nSPS) is 29.3. The fourth-order valence-corrected chi connectivity index (χ4v) is 4.55. The SMILES string of the molecule is CC(=O)C1CCC(C(=O)N2CCC(CN3CCNC(=O)C3)CC2)CC1. The minimum absolute atomic E-state index is 0.123. The fraction of sp³-hybridized carbons (Fsp3) is 0.842. The zero-order chi connectivity index (χ0) is 17.8. The van der Waals surface area contributed by atoms with Gasteiger partial charge in [-0.05, 0) is 51.4 Å². The number of ketones is 1. The lowest BCUT2D eigenvalue weighted by molar-refractivity contribution is -0.139. The lowest BCUT2D eigenvalue weighted by atomic mass is 9.79. The molecule has 1 saturated carbocycles. The number of amides is 2. The van der Waals surface area contributed by atoms with Crippen molar-refractivity contribution in [1.82, 2.24) is 15.1 Å². The molecule has 1 aliphatic carbocycles. The number of hydrogen-bond acceptors (Lipinski definition) is 4. The van der Waals surface area contributed by atoms with Crippen LogP contribution >= 0.6 is 0 Å². The number of carbonyl (C=O) groups is 3. The second-order valence-electron chi connectivity index (χ2n) is 8.01. The van der Waals surface area contributed by atoms with Gasteiger partial charge in [0.25, 0.3) is 0 Å². The van der Waals surface area contributed by atoms with Gasteiger partial charge < -0.3 is 10.2 Å². The molecule has 0 unspecified atom stereocenters. The molecule has 25 heavy (non-hydrogen) atoms. The van der Waals surface area contributed by atoms with Crippen molar-refractivity contribution in [1.29, 1.82) is 0 Å². The van der Waals surface area contributed by atoms with E-state index in [-0.39, 0.29) is 23.5 Å². The number of nitrogens with one attached hydrogen (secondary N) is 1.